The van der Waals surface area contributed by atoms with Crippen LogP contribution < -0.4 is 5.32 Å². The second-order valence-corrected chi connectivity index (χ2v) is 4.91. The van der Waals surface area contributed by atoms with Gasteiger partial charge in [0, 0.05) is 13.2 Å². The fraction of sp³-hybridized carbons (Fsp3) is 0.625. The second kappa shape index (κ2) is 9.96. The van der Waals surface area contributed by atoms with Crippen LogP contribution in [-0.4, -0.2) is 39.5 Å². The van der Waals surface area contributed by atoms with Gasteiger partial charge >= 0.3 is 0 Å². The summed E-state index contributed by atoms with van der Waals surface area (Å²) in [6.07, 6.45) is 2.15. The van der Waals surface area contributed by atoms with Crippen LogP contribution in [-0.2, 0) is 15.9 Å². The minimum Gasteiger partial charge on any atom is -0.382 e. The number of ether oxygens (including phenoxy) is 2. The maximum Gasteiger partial charge on any atom is 0.0701 e. The van der Waals surface area contributed by atoms with Gasteiger partial charge in [-0.15, -0.1) is 0 Å². The Morgan fingerprint density at radius 1 is 1.16 bits per heavy atom. The monoisotopic (exact) mass is 265 g/mol. The standard InChI is InChI=1S/C16H27NO2/c1-4-9-17-16(13-19-11-10-18-3)12-15-7-5-14(2)6-8-15/h5-8,16-17H,4,9-13H2,1-3H3. The highest BCUT2D eigenvalue weighted by atomic mass is 16.5. The summed E-state index contributed by atoms with van der Waals surface area (Å²) in [5, 5.41) is 3.54. The van der Waals surface area contributed by atoms with Gasteiger partial charge in [-0.05, 0) is 31.9 Å². The third-order valence-corrected chi connectivity index (χ3v) is 3.04. The minimum atomic E-state index is 0.375. The van der Waals surface area contributed by atoms with Crippen LogP contribution in [0.25, 0.3) is 0 Å². The van der Waals surface area contributed by atoms with Crippen LogP contribution in [0.5, 0.6) is 0 Å². The molecule has 1 aromatic carbocycles. The summed E-state index contributed by atoms with van der Waals surface area (Å²) < 4.78 is 10.6. The van der Waals surface area contributed by atoms with Gasteiger partial charge in [0.2, 0.25) is 0 Å². The van der Waals surface area contributed by atoms with E-state index in [-0.39, 0.29) is 0 Å². The van der Waals surface area contributed by atoms with Crippen LogP contribution in [0.4, 0.5) is 0 Å². The molecule has 1 aromatic rings. The molecular formula is C16H27NO2. The molecular weight excluding hydrogens is 238 g/mol. The molecule has 0 heterocycles. The quantitative estimate of drug-likeness (QED) is 0.660. The first-order valence-corrected chi connectivity index (χ1v) is 7.12. The van der Waals surface area contributed by atoms with E-state index in [0.717, 1.165) is 26.0 Å². The first-order valence-electron chi connectivity index (χ1n) is 7.12. The molecule has 19 heavy (non-hydrogen) atoms. The third kappa shape index (κ3) is 7.31. The van der Waals surface area contributed by atoms with Crippen molar-refractivity contribution in [1.82, 2.24) is 5.32 Å². The van der Waals surface area contributed by atoms with Gasteiger partial charge in [0.05, 0.1) is 19.8 Å². The van der Waals surface area contributed by atoms with Crippen LogP contribution in [0.1, 0.15) is 24.5 Å². The first kappa shape index (κ1) is 16.2. The fourth-order valence-corrected chi connectivity index (χ4v) is 1.92. The summed E-state index contributed by atoms with van der Waals surface area (Å²) in [5.74, 6) is 0. The van der Waals surface area contributed by atoms with E-state index in [1.54, 1.807) is 7.11 Å². The molecule has 1 rings (SSSR count). The van der Waals surface area contributed by atoms with E-state index in [1.165, 1.54) is 11.1 Å². The van der Waals surface area contributed by atoms with Gasteiger partial charge < -0.3 is 14.8 Å². The molecule has 108 valence electrons. The molecule has 0 aliphatic heterocycles. The molecule has 0 aliphatic carbocycles. The van der Waals surface area contributed by atoms with Crippen molar-refractivity contribution in [2.24, 2.45) is 0 Å². The zero-order valence-electron chi connectivity index (χ0n) is 12.4. The number of hydrogen-bond acceptors (Lipinski definition) is 3. The second-order valence-electron chi connectivity index (χ2n) is 4.91. The Balaban J connectivity index is 2.41. The van der Waals surface area contributed by atoms with E-state index >= 15 is 0 Å². The van der Waals surface area contributed by atoms with Crippen molar-refractivity contribution in [3.8, 4) is 0 Å². The summed E-state index contributed by atoms with van der Waals surface area (Å²) >= 11 is 0. The highest BCUT2D eigenvalue weighted by Crippen LogP contribution is 2.06. The van der Waals surface area contributed by atoms with Crippen molar-refractivity contribution in [1.29, 1.82) is 0 Å². The van der Waals surface area contributed by atoms with Gasteiger partial charge in [0.1, 0.15) is 0 Å². The zero-order valence-corrected chi connectivity index (χ0v) is 12.4. The van der Waals surface area contributed by atoms with Gasteiger partial charge in [-0.3, -0.25) is 0 Å². The maximum atomic E-state index is 5.64. The predicted molar refractivity (Wildman–Crippen MR) is 79.7 cm³/mol. The number of nitrogens with one attached hydrogen (secondary N) is 1. The van der Waals surface area contributed by atoms with Crippen LogP contribution in [0.15, 0.2) is 24.3 Å². The molecule has 1 N–H and O–H groups in total. The summed E-state index contributed by atoms with van der Waals surface area (Å²) in [7, 11) is 1.70. The zero-order chi connectivity index (χ0) is 13.9. The maximum absolute atomic E-state index is 5.64. The first-order chi connectivity index (χ1) is 9.26. The van der Waals surface area contributed by atoms with E-state index in [9.17, 15) is 0 Å². The van der Waals surface area contributed by atoms with E-state index < -0.39 is 0 Å². The molecule has 0 aromatic heterocycles. The van der Waals surface area contributed by atoms with E-state index in [4.69, 9.17) is 9.47 Å². The lowest BCUT2D eigenvalue weighted by atomic mass is 10.0. The van der Waals surface area contributed by atoms with Gasteiger partial charge in [0.25, 0.3) is 0 Å². The molecule has 1 atom stereocenters. The average molecular weight is 265 g/mol. The summed E-state index contributed by atoms with van der Waals surface area (Å²) in [6.45, 7) is 7.38. The average Bonchev–Trinajstić information content (AvgIpc) is 2.43. The SMILES string of the molecule is CCCNC(COCCOC)Cc1ccc(C)cc1. The summed E-state index contributed by atoms with van der Waals surface area (Å²) in [6, 6.07) is 9.10. The van der Waals surface area contributed by atoms with Crippen LogP contribution in [0.3, 0.4) is 0 Å². The van der Waals surface area contributed by atoms with Crippen LogP contribution in [0, 0.1) is 6.92 Å². The number of hydrogen-bond donors (Lipinski definition) is 1. The number of rotatable bonds is 10. The van der Waals surface area contributed by atoms with E-state index in [2.05, 4.69) is 43.4 Å². The molecule has 3 nitrogen and oxygen atoms in total. The lowest BCUT2D eigenvalue weighted by molar-refractivity contribution is 0.0587. The Labute approximate surface area is 117 Å². The third-order valence-electron chi connectivity index (χ3n) is 3.04. The predicted octanol–water partition coefficient (Wildman–Crippen LogP) is 2.57. The molecule has 0 saturated heterocycles. The van der Waals surface area contributed by atoms with Crippen LogP contribution >= 0.6 is 0 Å². The lowest BCUT2D eigenvalue weighted by Crippen LogP contribution is -2.36. The topological polar surface area (TPSA) is 30.5 Å². The molecule has 0 radical (unpaired) electrons. The number of methoxy groups -OCH3 is 1. The number of benzene rings is 1. The summed E-state index contributed by atoms with van der Waals surface area (Å²) in [4.78, 5) is 0. The van der Waals surface area contributed by atoms with E-state index in [1.807, 2.05) is 0 Å². The molecule has 0 spiro atoms. The molecule has 0 aliphatic rings. The Hall–Kier alpha value is -0.900. The van der Waals surface area contributed by atoms with Crippen LogP contribution in [0.2, 0.25) is 0 Å². The minimum absolute atomic E-state index is 0.375. The Morgan fingerprint density at radius 3 is 2.53 bits per heavy atom. The number of aryl methyl sites for hydroxylation is 1. The largest absolute Gasteiger partial charge is 0.382 e. The highest BCUT2D eigenvalue weighted by Gasteiger charge is 2.09. The van der Waals surface area contributed by atoms with Crippen molar-refractivity contribution in [3.63, 3.8) is 0 Å². The smallest absolute Gasteiger partial charge is 0.0701 e. The molecule has 0 saturated carbocycles. The molecule has 3 heteroatoms. The Bertz CT molecular complexity index is 324. The molecule has 0 amide bonds. The summed E-state index contributed by atoms with van der Waals surface area (Å²) in [5.41, 5.74) is 2.66. The highest BCUT2D eigenvalue weighted by molar-refractivity contribution is 5.22. The Morgan fingerprint density at radius 2 is 1.89 bits per heavy atom. The molecule has 1 unspecified atom stereocenters. The van der Waals surface area contributed by atoms with Crippen molar-refractivity contribution in [2.75, 3.05) is 33.5 Å². The van der Waals surface area contributed by atoms with Crippen molar-refractivity contribution >= 4 is 0 Å². The Kier molecular flexibility index (Phi) is 8.47. The van der Waals surface area contributed by atoms with Crippen molar-refractivity contribution in [3.05, 3.63) is 35.4 Å². The van der Waals surface area contributed by atoms with Gasteiger partial charge in [-0.25, -0.2) is 0 Å². The molecule has 0 bridgehead atoms. The normalized spacial score (nSPS) is 12.6. The van der Waals surface area contributed by atoms with Crippen molar-refractivity contribution < 1.29 is 9.47 Å². The van der Waals surface area contributed by atoms with E-state index in [0.29, 0.717) is 19.3 Å². The molecule has 0 fully saturated rings. The lowest BCUT2D eigenvalue weighted by Gasteiger charge is -2.19. The van der Waals surface area contributed by atoms with Crippen molar-refractivity contribution in [2.45, 2.75) is 32.7 Å². The van der Waals surface area contributed by atoms with Gasteiger partial charge in [-0.1, -0.05) is 36.8 Å². The fourth-order valence-electron chi connectivity index (χ4n) is 1.92. The van der Waals surface area contributed by atoms with Gasteiger partial charge in [0.15, 0.2) is 0 Å². The van der Waals surface area contributed by atoms with Gasteiger partial charge in [-0.2, -0.15) is 0 Å².